The van der Waals surface area contributed by atoms with Gasteiger partial charge in [-0.15, -0.1) is 0 Å². The van der Waals surface area contributed by atoms with Gasteiger partial charge in [-0.05, 0) is 13.2 Å². The Morgan fingerprint density at radius 1 is 1.33 bits per heavy atom. The van der Waals surface area contributed by atoms with E-state index in [1.807, 2.05) is 0 Å². The molecule has 15 heavy (non-hydrogen) atoms. The fraction of sp³-hybridized carbons (Fsp3) is 0.364. The van der Waals surface area contributed by atoms with E-state index in [0.717, 1.165) is 0 Å². The fourth-order valence-corrected chi connectivity index (χ4v) is 1.64. The number of ketones is 1. The molecule has 0 aromatic heterocycles. The molecule has 0 aliphatic heterocycles. The largest absolute Gasteiger partial charge is 0.303 e. The van der Waals surface area contributed by atoms with Gasteiger partial charge in [-0.1, -0.05) is 42.1 Å². The number of carbonyl (C=O) groups excluding carboxylic acids is 1. The smallest absolute Gasteiger partial charge is 0.294 e. The monoisotopic (exact) mass is 230 g/mol. The van der Waals surface area contributed by atoms with Gasteiger partial charge < -0.3 is 0 Å². The third-order valence-corrected chi connectivity index (χ3v) is 3.13. The predicted molar refractivity (Wildman–Crippen MR) is 58.4 cm³/mol. The van der Waals surface area contributed by atoms with E-state index in [0.29, 0.717) is 17.3 Å². The second-order valence-corrected chi connectivity index (χ2v) is 4.17. The number of thioether (sulfide) groups is 1. The lowest BCUT2D eigenvalue weighted by Gasteiger charge is -2.20. The van der Waals surface area contributed by atoms with Gasteiger partial charge in [0.25, 0.3) is 0 Å². The Balaban J connectivity index is 2.87. The van der Waals surface area contributed by atoms with Crippen LogP contribution in [0.3, 0.4) is 0 Å². The molecule has 0 saturated carbocycles. The van der Waals surface area contributed by atoms with E-state index in [9.17, 15) is 13.6 Å². The SMILES string of the molecule is CSC(F)(F)C(C)C(=O)c1ccccc1. The molecule has 82 valence electrons. The minimum absolute atomic E-state index is 0.332. The summed E-state index contributed by atoms with van der Waals surface area (Å²) in [5.41, 5.74) is 0.332. The molecule has 0 radical (unpaired) electrons. The first-order valence-corrected chi connectivity index (χ1v) is 5.73. The van der Waals surface area contributed by atoms with Crippen LogP contribution in [-0.4, -0.2) is 17.3 Å². The summed E-state index contributed by atoms with van der Waals surface area (Å²) in [6, 6.07) is 8.17. The van der Waals surface area contributed by atoms with Crippen LogP contribution in [0.15, 0.2) is 30.3 Å². The van der Waals surface area contributed by atoms with Crippen molar-refractivity contribution >= 4 is 17.5 Å². The summed E-state index contributed by atoms with van der Waals surface area (Å²) in [4.78, 5) is 11.7. The maximum absolute atomic E-state index is 13.2. The van der Waals surface area contributed by atoms with Crippen molar-refractivity contribution < 1.29 is 13.6 Å². The van der Waals surface area contributed by atoms with Crippen LogP contribution >= 0.6 is 11.8 Å². The fourth-order valence-electron chi connectivity index (χ4n) is 1.18. The van der Waals surface area contributed by atoms with Gasteiger partial charge in [-0.2, -0.15) is 8.78 Å². The number of rotatable bonds is 4. The normalized spacial score (nSPS) is 13.6. The zero-order valence-electron chi connectivity index (χ0n) is 8.54. The van der Waals surface area contributed by atoms with Crippen molar-refractivity contribution in [3.63, 3.8) is 0 Å². The Morgan fingerprint density at radius 3 is 2.33 bits per heavy atom. The first-order chi connectivity index (χ1) is 6.99. The van der Waals surface area contributed by atoms with Gasteiger partial charge >= 0.3 is 5.25 Å². The third-order valence-electron chi connectivity index (χ3n) is 2.23. The summed E-state index contributed by atoms with van der Waals surface area (Å²) in [6.07, 6.45) is 1.30. The number of Topliss-reactive ketones (excluding diaryl/α,β-unsaturated/α-hetero) is 1. The van der Waals surface area contributed by atoms with Gasteiger partial charge in [0.2, 0.25) is 0 Å². The minimum Gasteiger partial charge on any atom is -0.294 e. The summed E-state index contributed by atoms with van der Waals surface area (Å²) in [5, 5.41) is -3.01. The van der Waals surface area contributed by atoms with E-state index < -0.39 is 17.0 Å². The Labute approximate surface area is 91.9 Å². The van der Waals surface area contributed by atoms with E-state index >= 15 is 0 Å². The van der Waals surface area contributed by atoms with Crippen molar-refractivity contribution in [3.8, 4) is 0 Å². The molecule has 0 fully saturated rings. The molecule has 0 amide bonds. The zero-order chi connectivity index (χ0) is 11.5. The summed E-state index contributed by atoms with van der Waals surface area (Å²) in [5.74, 6) is -1.81. The highest BCUT2D eigenvalue weighted by atomic mass is 32.2. The van der Waals surface area contributed by atoms with E-state index in [1.54, 1.807) is 30.3 Å². The average molecular weight is 230 g/mol. The van der Waals surface area contributed by atoms with E-state index in [-0.39, 0.29) is 0 Å². The second kappa shape index (κ2) is 4.75. The number of hydrogen-bond donors (Lipinski definition) is 0. The summed E-state index contributed by atoms with van der Waals surface area (Å²) in [7, 11) is 0. The molecule has 0 saturated heterocycles. The Kier molecular flexibility index (Phi) is 3.85. The lowest BCUT2D eigenvalue weighted by atomic mass is 10.00. The quantitative estimate of drug-likeness (QED) is 0.737. The molecule has 0 aliphatic rings. The summed E-state index contributed by atoms with van der Waals surface area (Å²) in [6.45, 7) is 1.26. The van der Waals surface area contributed by atoms with Gasteiger partial charge in [-0.25, -0.2) is 0 Å². The molecule has 0 heterocycles. The van der Waals surface area contributed by atoms with Gasteiger partial charge in [-0.3, -0.25) is 4.79 Å². The van der Waals surface area contributed by atoms with Crippen LogP contribution in [0.4, 0.5) is 8.78 Å². The number of halogens is 2. The molecule has 0 N–H and O–H groups in total. The lowest BCUT2D eigenvalue weighted by Crippen LogP contribution is -2.29. The van der Waals surface area contributed by atoms with Crippen LogP contribution in [0.5, 0.6) is 0 Å². The molecule has 4 heteroatoms. The van der Waals surface area contributed by atoms with Crippen molar-refractivity contribution in [1.82, 2.24) is 0 Å². The Morgan fingerprint density at radius 2 is 1.87 bits per heavy atom. The molecule has 0 aliphatic carbocycles. The van der Waals surface area contributed by atoms with Crippen LogP contribution in [0.1, 0.15) is 17.3 Å². The van der Waals surface area contributed by atoms with Crippen molar-refractivity contribution in [2.45, 2.75) is 12.2 Å². The average Bonchev–Trinajstić information content (AvgIpc) is 2.28. The molecular weight excluding hydrogens is 218 g/mol. The molecule has 1 nitrogen and oxygen atoms in total. The maximum atomic E-state index is 13.2. The highest BCUT2D eigenvalue weighted by Crippen LogP contribution is 2.36. The zero-order valence-corrected chi connectivity index (χ0v) is 9.35. The first-order valence-electron chi connectivity index (χ1n) is 4.51. The van der Waals surface area contributed by atoms with E-state index in [4.69, 9.17) is 0 Å². The van der Waals surface area contributed by atoms with Crippen LogP contribution in [0.2, 0.25) is 0 Å². The van der Waals surface area contributed by atoms with Gasteiger partial charge in [0.15, 0.2) is 5.78 Å². The topological polar surface area (TPSA) is 17.1 Å². The minimum atomic E-state index is -3.01. The van der Waals surface area contributed by atoms with Gasteiger partial charge in [0.1, 0.15) is 0 Å². The Hall–Kier alpha value is -0.900. The van der Waals surface area contributed by atoms with Crippen LogP contribution in [0.25, 0.3) is 0 Å². The molecule has 1 aromatic carbocycles. The molecule has 0 spiro atoms. The van der Waals surface area contributed by atoms with Crippen LogP contribution in [0, 0.1) is 5.92 Å². The highest BCUT2D eigenvalue weighted by molar-refractivity contribution is 7.99. The van der Waals surface area contributed by atoms with Crippen LogP contribution in [-0.2, 0) is 0 Å². The van der Waals surface area contributed by atoms with Gasteiger partial charge in [0.05, 0.1) is 5.92 Å². The van der Waals surface area contributed by atoms with E-state index in [2.05, 4.69) is 0 Å². The molecule has 1 atom stereocenters. The molecular formula is C11H12F2OS. The molecule has 1 rings (SSSR count). The number of hydrogen-bond acceptors (Lipinski definition) is 2. The third kappa shape index (κ3) is 2.78. The first kappa shape index (κ1) is 12.2. The Bertz CT molecular complexity index is 338. The number of benzene rings is 1. The van der Waals surface area contributed by atoms with Crippen molar-refractivity contribution in [3.05, 3.63) is 35.9 Å². The summed E-state index contributed by atoms with van der Waals surface area (Å²) < 4.78 is 26.4. The van der Waals surface area contributed by atoms with Crippen molar-refractivity contribution in [1.29, 1.82) is 0 Å². The van der Waals surface area contributed by atoms with Crippen molar-refractivity contribution in [2.75, 3.05) is 6.26 Å². The summed E-state index contributed by atoms with van der Waals surface area (Å²) >= 11 is 0.404. The number of alkyl halides is 2. The highest BCUT2D eigenvalue weighted by Gasteiger charge is 2.40. The van der Waals surface area contributed by atoms with Crippen LogP contribution < -0.4 is 0 Å². The maximum Gasteiger partial charge on any atom is 0.303 e. The van der Waals surface area contributed by atoms with Gasteiger partial charge in [0, 0.05) is 5.56 Å². The molecule has 1 unspecified atom stereocenters. The standard InChI is InChI=1S/C11H12F2OS/c1-8(11(12,13)15-2)10(14)9-6-4-3-5-7-9/h3-8H,1-2H3. The predicted octanol–water partition coefficient (Wildman–Crippen LogP) is 3.46. The van der Waals surface area contributed by atoms with E-state index in [1.165, 1.54) is 13.2 Å². The molecule has 0 bridgehead atoms. The second-order valence-electron chi connectivity index (χ2n) is 3.22. The lowest BCUT2D eigenvalue weighted by molar-refractivity contribution is 0.0401. The van der Waals surface area contributed by atoms with Crippen molar-refractivity contribution in [2.24, 2.45) is 5.92 Å². The molecule has 1 aromatic rings. The number of carbonyl (C=O) groups is 1.